The number of methoxy groups -OCH3 is 1. The molecule has 0 bridgehead atoms. The second kappa shape index (κ2) is 4.53. The molecule has 0 amide bonds. The molecule has 0 unspecified atom stereocenters. The summed E-state index contributed by atoms with van der Waals surface area (Å²) in [5, 5.41) is 0. The summed E-state index contributed by atoms with van der Waals surface area (Å²) in [7, 11) is -0.316. The lowest BCUT2D eigenvalue weighted by atomic mass is 10.3. The minimum atomic E-state index is -1.75. The average Bonchev–Trinajstić information content (AvgIpc) is 2.10. The summed E-state index contributed by atoms with van der Waals surface area (Å²) >= 11 is 3.10. The average molecular weight is 293 g/mol. The van der Waals surface area contributed by atoms with Crippen LogP contribution in [0.4, 0.5) is 4.39 Å². The summed E-state index contributed by atoms with van der Waals surface area (Å²) < 4.78 is 24.7. The Morgan fingerprint density at radius 2 is 1.87 bits per heavy atom. The van der Waals surface area contributed by atoms with Gasteiger partial charge in [-0.3, -0.25) is 0 Å². The van der Waals surface area contributed by atoms with E-state index in [9.17, 15) is 4.39 Å². The van der Waals surface area contributed by atoms with Gasteiger partial charge in [-0.1, -0.05) is 0 Å². The van der Waals surface area contributed by atoms with Crippen LogP contribution in [-0.4, -0.2) is 15.4 Å². The normalized spacial score (nSPS) is 11.3. The molecule has 84 valence electrons. The fourth-order valence-electron chi connectivity index (χ4n) is 1.11. The molecule has 0 saturated heterocycles. The zero-order chi connectivity index (χ0) is 11.6. The summed E-state index contributed by atoms with van der Waals surface area (Å²) in [4.78, 5) is 0. The molecule has 1 aromatic rings. The van der Waals surface area contributed by atoms with Crippen molar-refractivity contribution in [3.8, 4) is 11.5 Å². The number of rotatable bonds is 3. The van der Waals surface area contributed by atoms with Crippen molar-refractivity contribution in [3.63, 3.8) is 0 Å². The van der Waals surface area contributed by atoms with Crippen LogP contribution < -0.4 is 9.16 Å². The monoisotopic (exact) mass is 292 g/mol. The first-order valence-corrected chi connectivity index (χ1v) is 8.76. The lowest BCUT2D eigenvalue weighted by Gasteiger charge is -2.21. The van der Waals surface area contributed by atoms with Gasteiger partial charge in [0.05, 0.1) is 11.6 Å². The molecule has 0 fully saturated rings. The third-order valence-corrected chi connectivity index (χ3v) is 3.08. The van der Waals surface area contributed by atoms with Crippen molar-refractivity contribution in [1.29, 1.82) is 0 Å². The Hall–Kier alpha value is -0.553. The molecule has 2 nitrogen and oxygen atoms in total. The van der Waals surface area contributed by atoms with E-state index in [0.717, 1.165) is 0 Å². The molecular formula is C10H14BrFO2Si. The highest BCUT2D eigenvalue weighted by atomic mass is 79.9. The van der Waals surface area contributed by atoms with Crippen LogP contribution in [0.3, 0.4) is 0 Å². The van der Waals surface area contributed by atoms with Crippen LogP contribution in [0.2, 0.25) is 19.6 Å². The lowest BCUT2D eigenvalue weighted by molar-refractivity contribution is 0.365. The van der Waals surface area contributed by atoms with Crippen LogP contribution in [0.15, 0.2) is 16.6 Å². The van der Waals surface area contributed by atoms with E-state index in [1.54, 1.807) is 12.1 Å². The van der Waals surface area contributed by atoms with Gasteiger partial charge in [0.15, 0.2) is 11.6 Å². The predicted octanol–water partition coefficient (Wildman–Crippen LogP) is 3.81. The molecule has 0 aromatic heterocycles. The molecule has 0 aliphatic heterocycles. The molecule has 0 aliphatic rings. The highest BCUT2D eigenvalue weighted by Crippen LogP contribution is 2.35. The number of benzene rings is 1. The number of halogens is 2. The van der Waals surface area contributed by atoms with E-state index in [-0.39, 0.29) is 5.75 Å². The van der Waals surface area contributed by atoms with E-state index in [0.29, 0.717) is 10.2 Å². The van der Waals surface area contributed by atoms with Crippen LogP contribution in [-0.2, 0) is 0 Å². The van der Waals surface area contributed by atoms with Gasteiger partial charge in [-0.05, 0) is 47.7 Å². The molecular weight excluding hydrogens is 279 g/mol. The molecule has 0 N–H and O–H groups in total. The Kier molecular flexibility index (Phi) is 3.78. The van der Waals surface area contributed by atoms with Crippen LogP contribution in [0.5, 0.6) is 11.5 Å². The van der Waals surface area contributed by atoms with Gasteiger partial charge in [0.2, 0.25) is 8.32 Å². The second-order valence-corrected chi connectivity index (χ2v) is 9.39. The van der Waals surface area contributed by atoms with Gasteiger partial charge in [0, 0.05) is 0 Å². The zero-order valence-electron chi connectivity index (χ0n) is 9.23. The molecule has 1 aromatic carbocycles. The van der Waals surface area contributed by atoms with Crippen molar-refractivity contribution in [1.82, 2.24) is 0 Å². The number of hydrogen-bond acceptors (Lipinski definition) is 2. The molecule has 0 radical (unpaired) electrons. The van der Waals surface area contributed by atoms with Gasteiger partial charge in [0.25, 0.3) is 0 Å². The highest BCUT2D eigenvalue weighted by Gasteiger charge is 2.21. The summed E-state index contributed by atoms with van der Waals surface area (Å²) in [6.45, 7) is 6.10. The Bertz CT molecular complexity index is 363. The SMILES string of the molecule is COc1c(O[Si](C)(C)C)ccc(Br)c1F. The van der Waals surface area contributed by atoms with E-state index < -0.39 is 14.1 Å². The van der Waals surface area contributed by atoms with Crippen molar-refractivity contribution in [2.75, 3.05) is 7.11 Å². The Balaban J connectivity index is 3.14. The summed E-state index contributed by atoms with van der Waals surface area (Å²) in [6.07, 6.45) is 0. The smallest absolute Gasteiger partial charge is 0.242 e. The first kappa shape index (κ1) is 12.5. The maximum Gasteiger partial charge on any atom is 0.242 e. The van der Waals surface area contributed by atoms with Crippen molar-refractivity contribution in [3.05, 3.63) is 22.4 Å². The first-order valence-electron chi connectivity index (χ1n) is 4.56. The zero-order valence-corrected chi connectivity index (χ0v) is 11.8. The quantitative estimate of drug-likeness (QED) is 0.789. The Morgan fingerprint density at radius 3 is 2.33 bits per heavy atom. The Labute approximate surface area is 98.7 Å². The molecule has 0 spiro atoms. The second-order valence-electron chi connectivity index (χ2n) is 4.11. The number of ether oxygens (including phenoxy) is 1. The highest BCUT2D eigenvalue weighted by molar-refractivity contribution is 9.10. The van der Waals surface area contributed by atoms with Gasteiger partial charge in [-0.2, -0.15) is 0 Å². The lowest BCUT2D eigenvalue weighted by Crippen LogP contribution is -2.29. The van der Waals surface area contributed by atoms with E-state index in [1.165, 1.54) is 7.11 Å². The van der Waals surface area contributed by atoms with Crippen molar-refractivity contribution in [2.45, 2.75) is 19.6 Å². The van der Waals surface area contributed by atoms with Gasteiger partial charge < -0.3 is 9.16 Å². The predicted molar refractivity (Wildman–Crippen MR) is 64.6 cm³/mol. The van der Waals surface area contributed by atoms with Crippen LogP contribution >= 0.6 is 15.9 Å². The van der Waals surface area contributed by atoms with E-state index >= 15 is 0 Å². The maximum absolute atomic E-state index is 13.6. The van der Waals surface area contributed by atoms with Gasteiger partial charge in [-0.15, -0.1) is 0 Å². The van der Waals surface area contributed by atoms with Crippen molar-refractivity contribution < 1.29 is 13.6 Å². The van der Waals surface area contributed by atoms with E-state index in [4.69, 9.17) is 9.16 Å². The first-order chi connectivity index (χ1) is 6.85. The van der Waals surface area contributed by atoms with Crippen LogP contribution in [0, 0.1) is 5.82 Å². The van der Waals surface area contributed by atoms with Crippen molar-refractivity contribution in [2.24, 2.45) is 0 Å². The summed E-state index contributed by atoms with van der Waals surface area (Å²) in [5.74, 6) is 0.206. The molecule has 0 saturated carbocycles. The third-order valence-electron chi connectivity index (χ3n) is 1.63. The fourth-order valence-corrected chi connectivity index (χ4v) is 2.25. The fraction of sp³-hybridized carbons (Fsp3) is 0.400. The summed E-state index contributed by atoms with van der Waals surface area (Å²) in [6, 6.07) is 3.33. The van der Waals surface area contributed by atoms with Crippen LogP contribution in [0.1, 0.15) is 0 Å². The molecule has 0 heterocycles. The maximum atomic E-state index is 13.6. The molecule has 5 heteroatoms. The summed E-state index contributed by atoms with van der Waals surface area (Å²) in [5.41, 5.74) is 0. The molecule has 1 rings (SSSR count). The molecule has 0 atom stereocenters. The molecule has 15 heavy (non-hydrogen) atoms. The van der Waals surface area contributed by atoms with E-state index in [2.05, 4.69) is 15.9 Å². The van der Waals surface area contributed by atoms with Gasteiger partial charge >= 0.3 is 0 Å². The largest absolute Gasteiger partial charge is 0.542 e. The van der Waals surface area contributed by atoms with Crippen LogP contribution in [0.25, 0.3) is 0 Å². The number of hydrogen-bond donors (Lipinski definition) is 0. The minimum absolute atomic E-state index is 0.159. The minimum Gasteiger partial charge on any atom is -0.542 e. The third kappa shape index (κ3) is 3.20. The topological polar surface area (TPSA) is 18.5 Å². The van der Waals surface area contributed by atoms with E-state index in [1.807, 2.05) is 19.6 Å². The van der Waals surface area contributed by atoms with Gasteiger partial charge in [-0.25, -0.2) is 4.39 Å². The standard InChI is InChI=1S/C10H14BrFO2Si/c1-13-10-8(14-15(2,3)4)6-5-7(11)9(10)12/h5-6H,1-4H3. The molecule has 0 aliphatic carbocycles. The Morgan fingerprint density at radius 1 is 1.27 bits per heavy atom. The van der Waals surface area contributed by atoms with Crippen molar-refractivity contribution >= 4 is 24.2 Å². The van der Waals surface area contributed by atoms with Gasteiger partial charge in [0.1, 0.15) is 5.75 Å².